The van der Waals surface area contributed by atoms with Crippen LogP contribution in [0.25, 0.3) is 0 Å². The second kappa shape index (κ2) is 14.6. The van der Waals surface area contributed by atoms with Gasteiger partial charge in [-0.3, -0.25) is 9.69 Å². The number of piperidine rings is 1. The largest absolute Gasteiger partial charge is 0.416 e. The van der Waals surface area contributed by atoms with E-state index in [0.29, 0.717) is 37.3 Å². The maximum Gasteiger partial charge on any atom is 0.416 e. The maximum atomic E-state index is 13.6. The van der Waals surface area contributed by atoms with Gasteiger partial charge in [0.15, 0.2) is 0 Å². The molecule has 0 bridgehead atoms. The fraction of sp³-hybridized carbons (Fsp3) is 0.519. The molecule has 1 atom stereocenters. The Kier molecular flexibility index (Phi) is 13.1. The van der Waals surface area contributed by atoms with Crippen LogP contribution in [0.1, 0.15) is 55.0 Å². The van der Waals surface area contributed by atoms with Crippen molar-refractivity contribution in [3.8, 4) is 0 Å². The van der Waals surface area contributed by atoms with E-state index in [-0.39, 0.29) is 55.3 Å². The molecule has 1 N–H and O–H groups in total. The number of carbonyl (C=O) groups is 1. The summed E-state index contributed by atoms with van der Waals surface area (Å²) in [6.07, 6.45) is -8.23. The van der Waals surface area contributed by atoms with E-state index in [9.17, 15) is 31.1 Å². The SMILES string of the molecule is CC(C)NC1CCN(C(C(=O)N(C)CCc2cc(C(F)(F)F)cc(C(F)(F)F)c2)c2ccccc2)CC1.Cl.Cl. The van der Waals surface area contributed by atoms with Gasteiger partial charge in [-0.15, -0.1) is 24.8 Å². The number of rotatable bonds is 8. The standard InChI is InChI=1S/C27H33F6N3O.2ClH/c1-18(2)34-23-10-13-36(14-11-23)24(20-7-5-4-6-8-20)25(37)35(3)12-9-19-15-21(26(28,29)30)17-22(16-19)27(31,32)33;;/h4-8,15-18,23-24,34H,9-14H2,1-3H3;2*1H. The Labute approximate surface area is 237 Å². The van der Waals surface area contributed by atoms with Crippen LogP contribution in [0.4, 0.5) is 26.3 Å². The Morgan fingerprint density at radius 3 is 1.92 bits per heavy atom. The molecule has 0 radical (unpaired) electrons. The number of carbonyl (C=O) groups excluding carboxylic acids is 1. The molecule has 1 fully saturated rings. The summed E-state index contributed by atoms with van der Waals surface area (Å²) >= 11 is 0. The molecule has 1 aliphatic rings. The van der Waals surface area contributed by atoms with Crippen LogP contribution in [0, 0.1) is 0 Å². The van der Waals surface area contributed by atoms with E-state index < -0.39 is 29.5 Å². The summed E-state index contributed by atoms with van der Waals surface area (Å²) < 4.78 is 79.3. The highest BCUT2D eigenvalue weighted by Crippen LogP contribution is 2.36. The van der Waals surface area contributed by atoms with Crippen LogP contribution < -0.4 is 5.32 Å². The van der Waals surface area contributed by atoms with Crippen molar-refractivity contribution in [3.63, 3.8) is 0 Å². The monoisotopic (exact) mass is 601 g/mol. The molecule has 1 unspecified atom stereocenters. The third kappa shape index (κ3) is 9.84. The van der Waals surface area contributed by atoms with E-state index in [1.165, 1.54) is 11.9 Å². The van der Waals surface area contributed by atoms with Crippen LogP contribution in [0.2, 0.25) is 0 Å². The Hall–Kier alpha value is -2.01. The van der Waals surface area contributed by atoms with Crippen LogP contribution in [0.15, 0.2) is 48.5 Å². The highest BCUT2D eigenvalue weighted by atomic mass is 35.5. The lowest BCUT2D eigenvalue weighted by molar-refractivity contribution is -0.143. The van der Waals surface area contributed by atoms with Crippen LogP contribution >= 0.6 is 24.8 Å². The number of hydrogen-bond acceptors (Lipinski definition) is 3. The first-order chi connectivity index (χ1) is 17.3. The van der Waals surface area contributed by atoms with Crippen molar-refractivity contribution in [2.24, 2.45) is 0 Å². The molecule has 0 saturated carbocycles. The molecule has 39 heavy (non-hydrogen) atoms. The summed E-state index contributed by atoms with van der Waals surface area (Å²) in [5.74, 6) is -0.246. The molecule has 1 saturated heterocycles. The zero-order valence-electron chi connectivity index (χ0n) is 22.0. The highest BCUT2D eigenvalue weighted by molar-refractivity contribution is 5.85. The summed E-state index contributed by atoms with van der Waals surface area (Å²) in [5.41, 5.74) is -2.04. The Bertz CT molecular complexity index is 1010. The van der Waals surface area contributed by atoms with Crippen LogP contribution in [-0.2, 0) is 23.6 Å². The fourth-order valence-electron chi connectivity index (χ4n) is 4.72. The van der Waals surface area contributed by atoms with Crippen molar-refractivity contribution in [2.45, 2.75) is 63.6 Å². The predicted molar refractivity (Wildman–Crippen MR) is 144 cm³/mol. The van der Waals surface area contributed by atoms with Gasteiger partial charge in [0.2, 0.25) is 5.91 Å². The number of benzene rings is 2. The van der Waals surface area contributed by atoms with Gasteiger partial charge in [0.25, 0.3) is 0 Å². The molecule has 1 heterocycles. The smallest absolute Gasteiger partial charge is 0.344 e. The molecular formula is C27H35Cl2F6N3O. The first-order valence-electron chi connectivity index (χ1n) is 12.3. The predicted octanol–water partition coefficient (Wildman–Crippen LogP) is 6.77. The van der Waals surface area contributed by atoms with E-state index in [0.717, 1.165) is 18.4 Å². The van der Waals surface area contributed by atoms with Crippen molar-refractivity contribution in [2.75, 3.05) is 26.7 Å². The molecule has 4 nitrogen and oxygen atoms in total. The van der Waals surface area contributed by atoms with Crippen molar-refractivity contribution in [3.05, 3.63) is 70.8 Å². The Morgan fingerprint density at radius 2 is 1.46 bits per heavy atom. The van der Waals surface area contributed by atoms with Crippen LogP contribution in [0.3, 0.4) is 0 Å². The summed E-state index contributed by atoms with van der Waals surface area (Å²) in [7, 11) is 1.53. The quantitative estimate of drug-likeness (QED) is 0.339. The van der Waals surface area contributed by atoms with E-state index in [4.69, 9.17) is 0 Å². The molecule has 0 spiro atoms. The molecule has 12 heteroatoms. The number of hydrogen-bond donors (Lipinski definition) is 1. The van der Waals surface area contributed by atoms with Gasteiger partial charge in [0.05, 0.1) is 11.1 Å². The number of likely N-dealkylation sites (N-methyl/N-ethyl adjacent to an activating group) is 1. The number of amides is 1. The second-order valence-corrected chi connectivity index (χ2v) is 9.87. The van der Waals surface area contributed by atoms with E-state index in [1.807, 2.05) is 30.3 Å². The average molecular weight is 602 g/mol. The summed E-state index contributed by atoms with van der Waals surface area (Å²) in [4.78, 5) is 17.1. The molecule has 0 aromatic heterocycles. The van der Waals surface area contributed by atoms with Crippen molar-refractivity contribution < 1.29 is 31.1 Å². The van der Waals surface area contributed by atoms with Gasteiger partial charge in [-0.2, -0.15) is 26.3 Å². The van der Waals surface area contributed by atoms with Crippen LogP contribution in [0.5, 0.6) is 0 Å². The topological polar surface area (TPSA) is 35.6 Å². The second-order valence-electron chi connectivity index (χ2n) is 9.87. The van der Waals surface area contributed by atoms with Gasteiger partial charge in [0, 0.05) is 38.8 Å². The van der Waals surface area contributed by atoms with Gasteiger partial charge in [0.1, 0.15) is 6.04 Å². The zero-order valence-corrected chi connectivity index (χ0v) is 23.6. The Balaban J connectivity index is 0.00000380. The first kappa shape index (κ1) is 35.0. The summed E-state index contributed by atoms with van der Waals surface area (Å²) in [6, 6.07) is 10.9. The van der Waals surface area contributed by atoms with Gasteiger partial charge >= 0.3 is 12.4 Å². The molecule has 0 aliphatic carbocycles. The van der Waals surface area contributed by atoms with Crippen molar-refractivity contribution >= 4 is 30.7 Å². The van der Waals surface area contributed by atoms with E-state index >= 15 is 0 Å². The number of halogens is 8. The third-order valence-corrected chi connectivity index (χ3v) is 6.57. The molecule has 2 aromatic rings. The van der Waals surface area contributed by atoms with Crippen LogP contribution in [-0.4, -0.2) is 54.5 Å². The number of nitrogens with one attached hydrogen (secondary N) is 1. The number of alkyl halides is 6. The first-order valence-corrected chi connectivity index (χ1v) is 12.3. The molecule has 1 aliphatic heterocycles. The molecular weight excluding hydrogens is 567 g/mol. The fourth-order valence-corrected chi connectivity index (χ4v) is 4.72. The third-order valence-electron chi connectivity index (χ3n) is 6.57. The minimum atomic E-state index is -4.91. The van der Waals surface area contributed by atoms with Gasteiger partial charge < -0.3 is 10.2 Å². The summed E-state index contributed by atoms with van der Waals surface area (Å²) in [6.45, 7) is 5.52. The number of likely N-dealkylation sites (tertiary alicyclic amines) is 1. The van der Waals surface area contributed by atoms with E-state index in [1.54, 1.807) is 0 Å². The van der Waals surface area contributed by atoms with Crippen molar-refractivity contribution in [1.29, 1.82) is 0 Å². The zero-order chi connectivity index (χ0) is 27.4. The molecule has 2 aromatic carbocycles. The van der Waals surface area contributed by atoms with Crippen molar-refractivity contribution in [1.82, 2.24) is 15.1 Å². The lowest BCUT2D eigenvalue weighted by Gasteiger charge is -2.39. The molecule has 3 rings (SSSR count). The van der Waals surface area contributed by atoms with Gasteiger partial charge in [-0.25, -0.2) is 0 Å². The normalized spacial score (nSPS) is 15.8. The Morgan fingerprint density at radius 1 is 0.949 bits per heavy atom. The van der Waals surface area contributed by atoms with Gasteiger partial charge in [-0.1, -0.05) is 44.2 Å². The summed E-state index contributed by atoms with van der Waals surface area (Å²) in [5, 5.41) is 3.52. The van der Waals surface area contributed by atoms with E-state index in [2.05, 4.69) is 24.1 Å². The minimum Gasteiger partial charge on any atom is -0.344 e. The molecule has 220 valence electrons. The van der Waals surface area contributed by atoms with Gasteiger partial charge in [-0.05, 0) is 48.6 Å². The lowest BCUT2D eigenvalue weighted by atomic mass is 9.97. The maximum absolute atomic E-state index is 13.6. The average Bonchev–Trinajstić information content (AvgIpc) is 2.82. The minimum absolute atomic E-state index is 0. The molecule has 1 amide bonds. The lowest BCUT2D eigenvalue weighted by Crippen LogP contribution is -2.49. The number of nitrogens with zero attached hydrogens (tertiary/aromatic N) is 2. The highest BCUT2D eigenvalue weighted by Gasteiger charge is 2.37.